The lowest BCUT2D eigenvalue weighted by atomic mass is 10.3. The van der Waals surface area contributed by atoms with Gasteiger partial charge in [-0.3, -0.25) is 0 Å². The maximum Gasteiger partial charge on any atom is 0.115 e. The van der Waals surface area contributed by atoms with Gasteiger partial charge >= 0.3 is 0 Å². The maximum atomic E-state index is 8.65. The molecule has 0 saturated heterocycles. The zero-order valence-corrected chi connectivity index (χ0v) is 10.6. The van der Waals surface area contributed by atoms with Crippen LogP contribution in [-0.4, -0.2) is 70.3 Å². The number of benzene rings is 1. The van der Waals surface area contributed by atoms with E-state index in [-0.39, 0.29) is 37.9 Å². The summed E-state index contributed by atoms with van der Waals surface area (Å²) in [5, 5.41) is 48.7. The molecule has 0 radical (unpaired) electrons. The summed E-state index contributed by atoms with van der Waals surface area (Å²) in [5.74, 6) is 0.339. The molecule has 19 heavy (non-hydrogen) atoms. The molecule has 0 aromatic heterocycles. The van der Waals surface area contributed by atoms with Crippen molar-refractivity contribution in [3.63, 3.8) is 0 Å². The predicted octanol–water partition coefficient (Wildman–Crippen LogP) is -0.944. The third-order valence-corrected chi connectivity index (χ3v) is 1.42. The third-order valence-electron chi connectivity index (χ3n) is 1.42. The lowest BCUT2D eigenvalue weighted by molar-refractivity contribution is 0.0650. The molecule has 1 aromatic rings. The van der Waals surface area contributed by atoms with Crippen molar-refractivity contribution in [3.8, 4) is 11.5 Å². The molecule has 0 amide bonds. The van der Waals surface area contributed by atoms with Gasteiger partial charge in [0.05, 0.1) is 39.6 Å². The molecule has 0 aliphatic heterocycles. The van der Waals surface area contributed by atoms with Gasteiger partial charge in [-0.1, -0.05) is 0 Å². The average Bonchev–Trinajstić information content (AvgIpc) is 2.44. The molecule has 0 bridgehead atoms. The van der Waals surface area contributed by atoms with E-state index in [1.54, 1.807) is 0 Å². The fourth-order valence-electron chi connectivity index (χ4n) is 0.684. The standard InChI is InChI=1S/C6H6O2.C4H10O3.C2H6O2/c7-5-1-2-6(8)4-3-5;5-1-3-7-4-2-6;3-1-2-4/h1-4,7-8H;5-6H,1-4H2;3-4H,1-2H2. The molecule has 0 aliphatic rings. The fourth-order valence-corrected chi connectivity index (χ4v) is 0.684. The van der Waals surface area contributed by atoms with Crippen LogP contribution in [0.15, 0.2) is 24.3 Å². The molecule has 112 valence electrons. The van der Waals surface area contributed by atoms with E-state index in [1.807, 2.05) is 0 Å². The highest BCUT2D eigenvalue weighted by Gasteiger charge is 1.84. The Morgan fingerprint density at radius 3 is 1.16 bits per heavy atom. The van der Waals surface area contributed by atoms with Gasteiger partial charge in [0.15, 0.2) is 0 Å². The van der Waals surface area contributed by atoms with Crippen LogP contribution in [-0.2, 0) is 4.74 Å². The van der Waals surface area contributed by atoms with Crippen LogP contribution in [0.2, 0.25) is 0 Å². The molecule has 0 atom stereocenters. The highest BCUT2D eigenvalue weighted by Crippen LogP contribution is 2.13. The summed E-state index contributed by atoms with van der Waals surface area (Å²) >= 11 is 0. The van der Waals surface area contributed by atoms with Crippen LogP contribution >= 0.6 is 0 Å². The van der Waals surface area contributed by atoms with Crippen molar-refractivity contribution in [2.45, 2.75) is 0 Å². The summed E-state index contributed by atoms with van der Waals surface area (Å²) in [4.78, 5) is 0. The number of hydrogen-bond donors (Lipinski definition) is 6. The van der Waals surface area contributed by atoms with E-state index in [0.29, 0.717) is 13.2 Å². The van der Waals surface area contributed by atoms with Crippen LogP contribution in [0.3, 0.4) is 0 Å². The van der Waals surface area contributed by atoms with Gasteiger partial charge in [-0.2, -0.15) is 0 Å². The van der Waals surface area contributed by atoms with Gasteiger partial charge in [0.1, 0.15) is 11.5 Å². The molecular formula is C12H22O7. The lowest BCUT2D eigenvalue weighted by Crippen LogP contribution is -2.03. The molecule has 6 N–H and O–H groups in total. The number of ether oxygens (including phenoxy) is 1. The first-order valence-corrected chi connectivity index (χ1v) is 5.61. The summed E-state index contributed by atoms with van der Waals surface area (Å²) in [6, 6.07) is 5.70. The Hall–Kier alpha value is -1.38. The number of aliphatic hydroxyl groups excluding tert-OH is 4. The van der Waals surface area contributed by atoms with E-state index < -0.39 is 0 Å². The molecule has 0 fully saturated rings. The first-order chi connectivity index (χ1) is 9.12. The zero-order chi connectivity index (χ0) is 14.9. The Morgan fingerprint density at radius 2 is 0.947 bits per heavy atom. The Balaban J connectivity index is 0. The average molecular weight is 278 g/mol. The Kier molecular flexibility index (Phi) is 17.4. The summed E-state index contributed by atoms with van der Waals surface area (Å²) in [5.41, 5.74) is 0. The molecule has 1 rings (SSSR count). The smallest absolute Gasteiger partial charge is 0.115 e. The van der Waals surface area contributed by atoms with Gasteiger partial charge in [-0.25, -0.2) is 0 Å². The minimum Gasteiger partial charge on any atom is -0.508 e. The molecule has 1 aromatic carbocycles. The maximum absolute atomic E-state index is 8.65. The number of aliphatic hydroxyl groups is 4. The first kappa shape index (κ1) is 19.9. The molecule has 0 saturated carbocycles. The molecule has 0 aliphatic carbocycles. The monoisotopic (exact) mass is 278 g/mol. The van der Waals surface area contributed by atoms with Crippen molar-refractivity contribution in [2.75, 3.05) is 39.6 Å². The van der Waals surface area contributed by atoms with E-state index in [1.165, 1.54) is 24.3 Å². The first-order valence-electron chi connectivity index (χ1n) is 5.61. The Labute approximate surface area is 112 Å². The fraction of sp³-hybridized carbons (Fsp3) is 0.500. The van der Waals surface area contributed by atoms with Crippen LogP contribution in [0.4, 0.5) is 0 Å². The van der Waals surface area contributed by atoms with Crippen LogP contribution in [0.1, 0.15) is 0 Å². The number of rotatable bonds is 5. The summed E-state index contributed by atoms with van der Waals surface area (Å²) in [7, 11) is 0. The van der Waals surface area contributed by atoms with Crippen molar-refractivity contribution < 1.29 is 35.4 Å². The van der Waals surface area contributed by atoms with Crippen molar-refractivity contribution in [1.82, 2.24) is 0 Å². The summed E-state index contributed by atoms with van der Waals surface area (Å²) < 4.78 is 4.63. The molecule has 0 heterocycles. The van der Waals surface area contributed by atoms with Crippen LogP contribution < -0.4 is 0 Å². The van der Waals surface area contributed by atoms with Gasteiger partial charge in [-0.15, -0.1) is 0 Å². The Morgan fingerprint density at radius 1 is 0.632 bits per heavy atom. The number of phenolic OH excluding ortho intramolecular Hbond substituents is 2. The highest BCUT2D eigenvalue weighted by molar-refractivity contribution is 5.28. The molecule has 7 nitrogen and oxygen atoms in total. The summed E-state index contributed by atoms with van der Waals surface area (Å²) in [6.45, 7) is 0.446. The quantitative estimate of drug-likeness (QED) is 0.302. The van der Waals surface area contributed by atoms with Crippen LogP contribution in [0, 0.1) is 0 Å². The highest BCUT2D eigenvalue weighted by atomic mass is 16.5. The second-order valence-electron chi connectivity index (χ2n) is 3.02. The molecular weight excluding hydrogens is 256 g/mol. The predicted molar refractivity (Wildman–Crippen MR) is 68.9 cm³/mol. The lowest BCUT2D eigenvalue weighted by Gasteiger charge is -1.94. The van der Waals surface area contributed by atoms with Crippen molar-refractivity contribution in [2.24, 2.45) is 0 Å². The van der Waals surface area contributed by atoms with Gasteiger partial charge < -0.3 is 35.4 Å². The van der Waals surface area contributed by atoms with E-state index >= 15 is 0 Å². The SMILES string of the molecule is OCCO.OCCOCCO.Oc1ccc(O)cc1. The molecule has 0 spiro atoms. The van der Waals surface area contributed by atoms with Crippen LogP contribution in [0.5, 0.6) is 11.5 Å². The minimum absolute atomic E-state index is 0.0278. The molecule has 7 heteroatoms. The summed E-state index contributed by atoms with van der Waals surface area (Å²) in [6.07, 6.45) is 0. The topological polar surface area (TPSA) is 131 Å². The van der Waals surface area contributed by atoms with Gasteiger partial charge in [-0.05, 0) is 24.3 Å². The third kappa shape index (κ3) is 19.2. The van der Waals surface area contributed by atoms with Crippen molar-refractivity contribution in [3.05, 3.63) is 24.3 Å². The number of hydrogen-bond acceptors (Lipinski definition) is 7. The van der Waals surface area contributed by atoms with Gasteiger partial charge in [0.2, 0.25) is 0 Å². The number of aromatic hydroxyl groups is 2. The van der Waals surface area contributed by atoms with Crippen molar-refractivity contribution in [1.29, 1.82) is 0 Å². The largest absolute Gasteiger partial charge is 0.508 e. The Bertz CT molecular complexity index is 236. The van der Waals surface area contributed by atoms with E-state index in [0.717, 1.165) is 0 Å². The normalized spacial score (nSPS) is 8.84. The second kappa shape index (κ2) is 16.6. The second-order valence-corrected chi connectivity index (χ2v) is 3.02. The molecule has 0 unspecified atom stereocenters. The van der Waals surface area contributed by atoms with E-state index in [2.05, 4.69) is 4.74 Å². The van der Waals surface area contributed by atoms with Gasteiger partial charge in [0, 0.05) is 0 Å². The van der Waals surface area contributed by atoms with E-state index in [9.17, 15) is 0 Å². The number of phenols is 2. The van der Waals surface area contributed by atoms with Crippen LogP contribution in [0.25, 0.3) is 0 Å². The minimum atomic E-state index is -0.125. The zero-order valence-electron chi connectivity index (χ0n) is 10.6. The van der Waals surface area contributed by atoms with E-state index in [4.69, 9.17) is 30.6 Å². The van der Waals surface area contributed by atoms with Gasteiger partial charge in [0.25, 0.3) is 0 Å². The van der Waals surface area contributed by atoms with Crippen molar-refractivity contribution >= 4 is 0 Å².